The molecule has 0 radical (unpaired) electrons. The Morgan fingerprint density at radius 1 is 0.851 bits per heavy atom. The number of amides is 7. The van der Waals surface area contributed by atoms with Gasteiger partial charge in [0.2, 0.25) is 11.8 Å². The van der Waals surface area contributed by atoms with Crippen LogP contribution in [0.2, 0.25) is 0 Å². The zero-order chi connectivity index (χ0) is 48.5. The average molecular weight is 927 g/mol. The molecular weight excluding hydrogens is 869 g/mol. The molecule has 0 saturated heterocycles. The minimum Gasteiger partial charge on any atom is -0.484 e. The summed E-state index contributed by atoms with van der Waals surface area (Å²) in [7, 11) is 0. The van der Waals surface area contributed by atoms with Crippen molar-refractivity contribution in [1.82, 2.24) is 30.4 Å². The molecule has 0 saturated carbocycles. The second kappa shape index (κ2) is 24.9. The molecule has 3 aromatic rings. The van der Waals surface area contributed by atoms with Crippen molar-refractivity contribution < 1.29 is 52.6 Å². The number of benzene rings is 2. The Morgan fingerprint density at radius 3 is 2.31 bits per heavy atom. The maximum absolute atomic E-state index is 13.6. The predicted molar refractivity (Wildman–Crippen MR) is 243 cm³/mol. The highest BCUT2D eigenvalue weighted by Crippen LogP contribution is 2.22. The largest absolute Gasteiger partial charge is 0.484 e. The summed E-state index contributed by atoms with van der Waals surface area (Å²) in [4.78, 5) is 130. The van der Waals surface area contributed by atoms with Gasteiger partial charge in [0.05, 0.1) is 29.9 Å². The summed E-state index contributed by atoms with van der Waals surface area (Å²) < 4.78 is 12.5. The van der Waals surface area contributed by atoms with Crippen molar-refractivity contribution in [3.63, 3.8) is 0 Å². The van der Waals surface area contributed by atoms with Gasteiger partial charge in [0.1, 0.15) is 18.2 Å². The Morgan fingerprint density at radius 2 is 1.60 bits per heavy atom. The molecule has 2 aliphatic rings. The molecule has 2 aliphatic heterocycles. The number of Topliss-reactive ketones (excluding diaryl/α,β-unsaturated/α-hetero) is 2. The molecular formula is C47H58N8O12. The van der Waals surface area contributed by atoms with E-state index in [1.165, 1.54) is 12.2 Å². The number of fused-ring (bicyclic) bond motifs is 2. The van der Waals surface area contributed by atoms with Gasteiger partial charge in [-0.1, -0.05) is 32.4 Å². The fraction of sp³-hybridized carbons (Fsp3) is 0.468. The van der Waals surface area contributed by atoms with Crippen LogP contribution in [0.15, 0.2) is 59.4 Å². The summed E-state index contributed by atoms with van der Waals surface area (Å²) in [5.74, 6) is -3.48. The van der Waals surface area contributed by atoms with Crippen LogP contribution in [0, 0.1) is 11.8 Å². The van der Waals surface area contributed by atoms with E-state index in [4.69, 9.17) is 15.2 Å². The average Bonchev–Trinajstić information content (AvgIpc) is 3.91. The predicted octanol–water partition coefficient (Wildman–Crippen LogP) is 2.52. The maximum atomic E-state index is 13.6. The number of anilines is 1. The van der Waals surface area contributed by atoms with Gasteiger partial charge in [0.15, 0.2) is 18.2 Å². The van der Waals surface area contributed by atoms with E-state index >= 15 is 0 Å². The maximum Gasteiger partial charge on any atom is 0.312 e. The molecule has 20 nitrogen and oxygen atoms in total. The van der Waals surface area contributed by atoms with Crippen molar-refractivity contribution in [2.45, 2.75) is 104 Å². The number of unbranched alkanes of at least 4 members (excludes halogenated alkanes) is 2. The number of carbonyl (C=O) groups is 9. The summed E-state index contributed by atoms with van der Waals surface area (Å²) >= 11 is 0. The zero-order valence-corrected chi connectivity index (χ0v) is 37.8. The van der Waals surface area contributed by atoms with Crippen LogP contribution in [0.1, 0.15) is 89.4 Å². The van der Waals surface area contributed by atoms with Crippen LogP contribution in [0.5, 0.6) is 5.75 Å². The molecule has 5 rings (SSSR count). The first kappa shape index (κ1) is 50.7. The molecule has 2 aromatic carbocycles. The van der Waals surface area contributed by atoms with Gasteiger partial charge in [-0.15, -0.1) is 0 Å². The van der Waals surface area contributed by atoms with Crippen LogP contribution in [-0.4, -0.2) is 99.8 Å². The lowest BCUT2D eigenvalue weighted by Gasteiger charge is -2.24. The lowest BCUT2D eigenvalue weighted by atomic mass is 9.89. The van der Waals surface area contributed by atoms with Crippen LogP contribution >= 0.6 is 0 Å². The molecule has 20 heteroatoms. The quantitative estimate of drug-likeness (QED) is 0.0418. The van der Waals surface area contributed by atoms with Crippen molar-refractivity contribution in [2.75, 3.05) is 31.6 Å². The lowest BCUT2D eigenvalue weighted by molar-refractivity contribution is -0.146. The van der Waals surface area contributed by atoms with Crippen LogP contribution in [0.4, 0.5) is 10.5 Å². The van der Waals surface area contributed by atoms with Crippen LogP contribution in [0.25, 0.3) is 10.9 Å². The van der Waals surface area contributed by atoms with Gasteiger partial charge < -0.3 is 36.5 Å². The first-order valence-corrected chi connectivity index (χ1v) is 22.5. The Bertz CT molecular complexity index is 2410. The van der Waals surface area contributed by atoms with Crippen LogP contribution in [0.3, 0.4) is 0 Å². The number of urea groups is 1. The minimum absolute atomic E-state index is 0.111. The number of imide groups is 1. The van der Waals surface area contributed by atoms with Gasteiger partial charge in [-0.25, -0.2) is 9.78 Å². The van der Waals surface area contributed by atoms with Crippen LogP contribution in [-0.2, 0) is 62.7 Å². The van der Waals surface area contributed by atoms with E-state index in [0.29, 0.717) is 60.1 Å². The number of hydrogen-bond acceptors (Lipinski definition) is 13. The molecule has 0 bridgehead atoms. The fourth-order valence-corrected chi connectivity index (χ4v) is 7.55. The molecule has 3 heterocycles. The summed E-state index contributed by atoms with van der Waals surface area (Å²) in [6, 6.07) is 9.71. The zero-order valence-electron chi connectivity index (χ0n) is 37.8. The fourth-order valence-electron chi connectivity index (χ4n) is 7.55. The minimum atomic E-state index is -0.861. The summed E-state index contributed by atoms with van der Waals surface area (Å²) in [5.41, 5.74) is 6.58. The van der Waals surface area contributed by atoms with E-state index in [1.54, 1.807) is 60.9 Å². The van der Waals surface area contributed by atoms with E-state index in [0.717, 1.165) is 23.6 Å². The highest BCUT2D eigenvalue weighted by atomic mass is 16.5. The highest BCUT2D eigenvalue weighted by molar-refractivity contribution is 6.12. The number of aromatic nitrogens is 2. The van der Waals surface area contributed by atoms with Crippen molar-refractivity contribution in [1.29, 1.82) is 0 Å². The Kier molecular flexibility index (Phi) is 18.8. The van der Waals surface area contributed by atoms with Gasteiger partial charge in [-0.3, -0.25) is 52.6 Å². The molecule has 358 valence electrons. The van der Waals surface area contributed by atoms with Crippen molar-refractivity contribution in [3.8, 4) is 5.75 Å². The number of carbonyl (C=O) groups excluding carboxylic acids is 9. The Labute approximate surface area is 386 Å². The van der Waals surface area contributed by atoms with Crippen molar-refractivity contribution in [2.24, 2.45) is 17.6 Å². The third-order valence-electron chi connectivity index (χ3n) is 11.2. The topological polar surface area (TPSA) is 284 Å². The highest BCUT2D eigenvalue weighted by Gasteiger charge is 2.30. The summed E-state index contributed by atoms with van der Waals surface area (Å²) in [5, 5.41) is 10.9. The lowest BCUT2D eigenvalue weighted by Crippen LogP contribution is -2.45. The van der Waals surface area contributed by atoms with E-state index in [2.05, 4.69) is 26.3 Å². The summed E-state index contributed by atoms with van der Waals surface area (Å²) in [6.45, 7) is 3.80. The smallest absolute Gasteiger partial charge is 0.312 e. The van der Waals surface area contributed by atoms with Gasteiger partial charge in [0, 0.05) is 69.1 Å². The molecule has 6 N–H and O–H groups in total. The Balaban J connectivity index is 1.01. The molecule has 7 amide bonds. The molecule has 1 aromatic heterocycles. The normalized spacial score (nSPS) is 13.8. The van der Waals surface area contributed by atoms with Gasteiger partial charge in [-0.05, 0) is 73.9 Å². The number of nitrogens with two attached hydrogens (primary N) is 1. The number of nitrogens with one attached hydrogen (secondary N) is 4. The number of hydrogen-bond donors (Lipinski definition) is 5. The second-order valence-electron chi connectivity index (χ2n) is 16.8. The third kappa shape index (κ3) is 15.7. The molecule has 0 aliphatic carbocycles. The molecule has 0 fully saturated rings. The van der Waals surface area contributed by atoms with E-state index in [9.17, 15) is 47.9 Å². The summed E-state index contributed by atoms with van der Waals surface area (Å²) in [6.07, 6.45) is 5.76. The number of aryl methyl sites for hydroxylation is 1. The first-order valence-electron chi connectivity index (χ1n) is 22.5. The monoisotopic (exact) mass is 926 g/mol. The van der Waals surface area contributed by atoms with Gasteiger partial charge in [-0.2, -0.15) is 0 Å². The molecule has 0 spiro atoms. The number of ether oxygens (including phenoxy) is 2. The van der Waals surface area contributed by atoms with Gasteiger partial charge in [0.25, 0.3) is 23.3 Å². The molecule has 0 unspecified atom stereocenters. The Hall–Kier alpha value is -7.25. The molecule has 67 heavy (non-hydrogen) atoms. The number of primary amides is 1. The van der Waals surface area contributed by atoms with Crippen molar-refractivity contribution >= 4 is 69.7 Å². The third-order valence-corrected chi connectivity index (χ3v) is 11.2. The van der Waals surface area contributed by atoms with Crippen molar-refractivity contribution in [3.05, 3.63) is 76.4 Å². The van der Waals surface area contributed by atoms with E-state index < -0.39 is 48.2 Å². The SMILES string of the molecule is CC(C)[C@H](NC(=O)CCCCCN1C(=O)C=CC1=O)C(=O)C[C@@H](CCCNC(N)=O)C(=O)Nc1ccc(COC(=O)CCC(=O)CNC(=O)COc2ccc3nc4n(c(=O)c3c2)CCC4)cc1. The number of ketones is 2. The van der Waals surface area contributed by atoms with Gasteiger partial charge >= 0.3 is 12.0 Å². The van der Waals surface area contributed by atoms with Crippen LogP contribution < -0.4 is 37.3 Å². The first-order chi connectivity index (χ1) is 32.1. The second-order valence-corrected chi connectivity index (χ2v) is 16.8. The van der Waals surface area contributed by atoms with E-state index in [1.807, 2.05) is 0 Å². The van der Waals surface area contributed by atoms with E-state index in [-0.39, 0.29) is 93.3 Å². The molecule has 2 atom stereocenters. The number of esters is 1. The number of rotatable bonds is 27. The number of nitrogens with zero attached hydrogens (tertiary/aromatic N) is 3. The standard InChI is InChI=1S/C47H58N8O12/c1-29(2)44(53-39(58)10-4-3-5-22-55-41(60)18-19-42(55)61)37(57)24-31(8-6-21-49-47(48)65)45(63)51-32-13-11-30(12-14-32)27-67-43(62)20-15-33(56)26-50-40(59)28-66-34-16-17-36-35(25-34)46(64)54-23-7-9-38(54)52-36/h11-14,16-19,25,29,31,44H,3-10,15,20-24,26-28H2,1-2H3,(H,50,59)(H,51,63)(H,53,58)(H3,48,49,65)/t31-,44+/m1/s1.